The highest BCUT2D eigenvalue weighted by molar-refractivity contribution is 6.04. The number of fused-ring (bicyclic) bond motifs is 14. The number of rotatable bonds is 4. The summed E-state index contributed by atoms with van der Waals surface area (Å²) in [5, 5.41) is 20.5. The van der Waals surface area contributed by atoms with Crippen molar-refractivity contribution in [1.82, 2.24) is 0 Å². The van der Waals surface area contributed by atoms with Gasteiger partial charge in [0.15, 0.2) is 11.6 Å². The lowest BCUT2D eigenvalue weighted by Gasteiger charge is -2.71. The van der Waals surface area contributed by atoms with Crippen LogP contribution in [0.15, 0.2) is 47.6 Å². The molecule has 0 radical (unpaired) electrons. The van der Waals surface area contributed by atoms with Crippen molar-refractivity contribution in [3.8, 4) is 12.1 Å². The molecule has 372 valence electrons. The molecule has 0 unspecified atom stereocenters. The molecule has 8 fully saturated rings. The van der Waals surface area contributed by atoms with E-state index in [1.807, 2.05) is 0 Å². The van der Waals surface area contributed by atoms with E-state index in [2.05, 4.69) is 121 Å². The average molecular weight is 937 g/mol. The SMILES string of the molecule is C=C(C)[C@@H]1CC[C@]2(C(=O)OC(=O)[C@]34CC[C@@H](C(=C)C)[C@@H]3[C@H]3CC[C@@H]5[C@@]6(C)C=C(C#N)C(=O)C(C)(C)[C@@H]6CC[C@@]5(C)[C@]3(C)CC4)CC[C@]3(C)[C@H](CC[C@@H]4[C@@]5(C)C=C(C#N)C(=O)C(C)(C)[C@@H]5CC[C@]43C)[C@@H]12. The van der Waals surface area contributed by atoms with E-state index >= 15 is 9.59 Å². The third-order valence-corrected chi connectivity index (χ3v) is 26.0. The smallest absolute Gasteiger partial charge is 0.320 e. The Balaban J connectivity index is 0.963. The van der Waals surface area contributed by atoms with E-state index in [0.29, 0.717) is 48.7 Å². The van der Waals surface area contributed by atoms with Gasteiger partial charge in [0.05, 0.1) is 22.0 Å². The van der Waals surface area contributed by atoms with Crippen LogP contribution >= 0.6 is 0 Å². The molecule has 0 amide bonds. The number of hydrogen-bond acceptors (Lipinski definition) is 7. The Labute approximate surface area is 415 Å². The highest BCUT2D eigenvalue weighted by Gasteiger charge is 2.75. The van der Waals surface area contributed by atoms with Gasteiger partial charge in [-0.25, -0.2) is 0 Å². The average Bonchev–Trinajstić information content (AvgIpc) is 3.88. The number of Topliss-reactive ketones (excluding diaryl/α,β-unsaturated/α-hetero) is 2. The lowest BCUT2D eigenvalue weighted by molar-refractivity contribution is -0.229. The van der Waals surface area contributed by atoms with Crippen molar-refractivity contribution < 1.29 is 23.9 Å². The van der Waals surface area contributed by atoms with Crippen molar-refractivity contribution in [2.24, 2.45) is 113 Å². The van der Waals surface area contributed by atoms with Gasteiger partial charge in [-0.15, -0.1) is 0 Å². The van der Waals surface area contributed by atoms with Gasteiger partial charge in [-0.3, -0.25) is 19.2 Å². The van der Waals surface area contributed by atoms with Gasteiger partial charge in [-0.1, -0.05) is 106 Å². The first-order valence-electron chi connectivity index (χ1n) is 27.5. The van der Waals surface area contributed by atoms with Gasteiger partial charge in [-0.2, -0.15) is 10.5 Å². The van der Waals surface area contributed by atoms with Gasteiger partial charge in [0.1, 0.15) is 12.1 Å². The van der Waals surface area contributed by atoms with Crippen molar-refractivity contribution in [2.45, 2.75) is 186 Å². The number of carbonyl (C=O) groups excluding carboxylic acids is 4. The summed E-state index contributed by atoms with van der Waals surface area (Å²) in [7, 11) is 0. The standard InChI is InChI=1S/C62H84N2O5/c1-35(2)39-19-25-61(29-27-57(11)41(47(39)61)15-17-45-55(9)31-37(33-63)49(65)53(5,6)43(55)21-23-59(45,57)13)51(67)69-52(68)62-26-20-40(36(3)4)48(62)42-16-18-46-56(10)32-38(34-64)50(66)54(7,8)44(56)22-24-60(46,14)58(42,12)28-30-62/h31-32,39-48H,1,3,15-30H2,2,4-14H3/t39-,40-,41+,42+,43-,44-,45+,46+,47+,48+,55-,56-,57+,58+,59+,60+,61-,62-/m0/s1. The predicted octanol–water partition coefficient (Wildman–Crippen LogP) is 13.8. The molecule has 0 saturated heterocycles. The van der Waals surface area contributed by atoms with E-state index in [1.54, 1.807) is 0 Å². The van der Waals surface area contributed by atoms with Crippen molar-refractivity contribution in [1.29, 1.82) is 10.5 Å². The largest absolute Gasteiger partial charge is 0.392 e. The maximum Gasteiger partial charge on any atom is 0.320 e. The van der Waals surface area contributed by atoms with Gasteiger partial charge in [-0.05, 0) is 208 Å². The second kappa shape index (κ2) is 15.0. The Hall–Kier alpha value is -3.58. The second-order valence-electron chi connectivity index (χ2n) is 28.5. The van der Waals surface area contributed by atoms with Crippen LogP contribution in [0.5, 0.6) is 0 Å². The molecule has 7 heteroatoms. The summed E-state index contributed by atoms with van der Waals surface area (Å²) in [4.78, 5) is 58.6. The predicted molar refractivity (Wildman–Crippen MR) is 268 cm³/mol. The molecule has 10 aliphatic carbocycles. The summed E-state index contributed by atoms with van der Waals surface area (Å²) in [5.74, 6) is 1.21. The third kappa shape index (κ3) is 5.78. The molecule has 69 heavy (non-hydrogen) atoms. The fraction of sp³-hybridized carbons (Fsp3) is 0.774. The summed E-state index contributed by atoms with van der Waals surface area (Å²) in [6, 6.07) is 4.62. The number of nitriles is 2. The summed E-state index contributed by atoms with van der Waals surface area (Å²) in [6.45, 7) is 36.5. The van der Waals surface area contributed by atoms with Gasteiger partial charge in [0.2, 0.25) is 0 Å². The van der Waals surface area contributed by atoms with Gasteiger partial charge < -0.3 is 4.74 Å². The first-order chi connectivity index (χ1) is 32.1. The summed E-state index contributed by atoms with van der Waals surface area (Å²) >= 11 is 0. The van der Waals surface area contributed by atoms with Crippen LogP contribution in [0.25, 0.3) is 0 Å². The minimum absolute atomic E-state index is 0.0160. The Morgan fingerprint density at radius 1 is 0.507 bits per heavy atom. The van der Waals surface area contributed by atoms with Crippen LogP contribution < -0.4 is 0 Å². The van der Waals surface area contributed by atoms with E-state index in [-0.39, 0.29) is 103 Å². The molecule has 10 aliphatic rings. The number of ketones is 2. The molecule has 8 saturated carbocycles. The zero-order chi connectivity index (χ0) is 50.2. The number of nitrogens with zero attached hydrogens (tertiary/aromatic N) is 2. The van der Waals surface area contributed by atoms with E-state index in [0.717, 1.165) is 88.2 Å². The second-order valence-corrected chi connectivity index (χ2v) is 28.5. The molecule has 0 aromatic rings. The van der Waals surface area contributed by atoms with E-state index in [4.69, 9.17) is 4.74 Å². The minimum atomic E-state index is -0.757. The highest BCUT2D eigenvalue weighted by atomic mass is 16.6. The van der Waals surface area contributed by atoms with Crippen LogP contribution in [0.3, 0.4) is 0 Å². The third-order valence-electron chi connectivity index (χ3n) is 26.0. The van der Waals surface area contributed by atoms with Crippen molar-refractivity contribution in [3.05, 3.63) is 47.6 Å². The molecular weight excluding hydrogens is 853 g/mol. The summed E-state index contributed by atoms with van der Waals surface area (Å²) in [5.41, 5.74) is -0.738. The fourth-order valence-electron chi connectivity index (χ4n) is 22.5. The molecular formula is C62H84N2O5. The molecule has 0 aromatic heterocycles. The Kier molecular flexibility index (Phi) is 10.7. The van der Waals surface area contributed by atoms with Crippen molar-refractivity contribution in [2.75, 3.05) is 0 Å². The fourth-order valence-corrected chi connectivity index (χ4v) is 22.5. The maximum atomic E-state index is 15.6. The van der Waals surface area contributed by atoms with Crippen LogP contribution in [0.4, 0.5) is 0 Å². The summed E-state index contributed by atoms with van der Waals surface area (Å²) < 4.78 is 6.69. The molecule has 0 heterocycles. The molecule has 0 bridgehead atoms. The maximum absolute atomic E-state index is 15.6. The molecule has 0 aliphatic heterocycles. The Morgan fingerprint density at radius 2 is 0.870 bits per heavy atom. The number of esters is 2. The lowest BCUT2D eigenvalue weighted by atomic mass is 9.32. The van der Waals surface area contributed by atoms with Crippen LogP contribution in [0.2, 0.25) is 0 Å². The molecule has 0 spiro atoms. The number of carbonyl (C=O) groups is 4. The Bertz CT molecular complexity index is 2340. The van der Waals surface area contributed by atoms with E-state index < -0.39 is 21.7 Å². The van der Waals surface area contributed by atoms with E-state index in [9.17, 15) is 20.1 Å². The molecule has 10 rings (SSSR count). The monoisotopic (exact) mass is 937 g/mol. The quantitative estimate of drug-likeness (QED) is 0.156. The zero-order valence-corrected chi connectivity index (χ0v) is 44.6. The molecule has 7 nitrogen and oxygen atoms in total. The molecule has 18 atom stereocenters. The van der Waals surface area contributed by atoms with Crippen LogP contribution in [-0.2, 0) is 23.9 Å². The lowest BCUT2D eigenvalue weighted by Crippen LogP contribution is -2.67. The first kappa shape index (κ1) is 49.0. The van der Waals surface area contributed by atoms with E-state index in [1.165, 1.54) is 0 Å². The normalized spacial score (nSPS) is 50.8. The number of hydrogen-bond donors (Lipinski definition) is 0. The van der Waals surface area contributed by atoms with Gasteiger partial charge >= 0.3 is 11.9 Å². The number of allylic oxidation sites excluding steroid dienone is 6. The molecule has 0 N–H and O–H groups in total. The van der Waals surface area contributed by atoms with Crippen LogP contribution in [0.1, 0.15) is 186 Å². The van der Waals surface area contributed by atoms with Gasteiger partial charge in [0, 0.05) is 10.8 Å². The Morgan fingerprint density at radius 3 is 1.20 bits per heavy atom. The van der Waals surface area contributed by atoms with Crippen LogP contribution in [-0.4, -0.2) is 23.5 Å². The molecule has 0 aromatic carbocycles. The summed E-state index contributed by atoms with van der Waals surface area (Å²) in [6.07, 6.45) is 18.3. The number of ether oxygens (including phenoxy) is 1. The topological polar surface area (TPSA) is 125 Å². The van der Waals surface area contributed by atoms with Crippen molar-refractivity contribution in [3.63, 3.8) is 0 Å². The zero-order valence-electron chi connectivity index (χ0n) is 44.6. The van der Waals surface area contributed by atoms with Crippen molar-refractivity contribution >= 4 is 23.5 Å². The van der Waals surface area contributed by atoms with Crippen LogP contribution in [0, 0.1) is 136 Å². The van der Waals surface area contributed by atoms with Gasteiger partial charge in [0.25, 0.3) is 0 Å². The minimum Gasteiger partial charge on any atom is -0.392 e. The highest BCUT2D eigenvalue weighted by Crippen LogP contribution is 2.79. The first-order valence-corrected chi connectivity index (χ1v) is 27.5.